The van der Waals surface area contributed by atoms with Gasteiger partial charge in [-0.15, -0.1) is 11.8 Å². The van der Waals surface area contributed by atoms with E-state index < -0.39 is 0 Å². The Kier molecular flexibility index (Phi) is 3.73. The molecule has 4 rings (SSSR count). The third-order valence-electron chi connectivity index (χ3n) is 4.35. The quantitative estimate of drug-likeness (QED) is 0.866. The third-order valence-corrected chi connectivity index (χ3v) is 5.21. The SMILES string of the molecule is CSC1=C(C(=O)c2ccccc2)Cc2cc(O)cc3c2N1CCO3. The summed E-state index contributed by atoms with van der Waals surface area (Å²) in [5, 5.41) is 10.9. The number of hydrogen-bond donors (Lipinski definition) is 1. The molecule has 2 aliphatic rings. The standard InChI is InChI=1S/C19H17NO3S/c1-24-19-15(18(22)12-5-3-2-4-6-12)10-13-9-14(21)11-16-17(13)20(19)7-8-23-16/h2-6,9,11,21H,7-8,10H2,1H3. The van der Waals surface area contributed by atoms with Crippen LogP contribution in [-0.4, -0.2) is 30.3 Å². The molecule has 0 saturated carbocycles. The summed E-state index contributed by atoms with van der Waals surface area (Å²) in [5.41, 5.74) is 3.38. The summed E-state index contributed by atoms with van der Waals surface area (Å²) in [6.07, 6.45) is 2.49. The molecule has 0 bridgehead atoms. The van der Waals surface area contributed by atoms with Crippen molar-refractivity contribution in [2.24, 2.45) is 0 Å². The molecule has 2 heterocycles. The molecule has 122 valence electrons. The molecular weight excluding hydrogens is 322 g/mol. The highest BCUT2D eigenvalue weighted by Crippen LogP contribution is 2.47. The van der Waals surface area contributed by atoms with Gasteiger partial charge in [0.05, 0.1) is 17.3 Å². The molecule has 24 heavy (non-hydrogen) atoms. The molecule has 0 atom stereocenters. The maximum atomic E-state index is 13.0. The number of hydrogen-bond acceptors (Lipinski definition) is 5. The van der Waals surface area contributed by atoms with Crippen LogP contribution in [0.1, 0.15) is 15.9 Å². The fourth-order valence-electron chi connectivity index (χ4n) is 3.37. The van der Waals surface area contributed by atoms with Crippen molar-refractivity contribution in [2.45, 2.75) is 6.42 Å². The molecule has 2 aromatic carbocycles. The number of anilines is 1. The van der Waals surface area contributed by atoms with Crippen molar-refractivity contribution < 1.29 is 14.6 Å². The molecule has 1 N–H and O–H groups in total. The zero-order valence-electron chi connectivity index (χ0n) is 13.3. The average Bonchev–Trinajstić information content (AvgIpc) is 2.61. The second-order valence-electron chi connectivity index (χ2n) is 5.81. The predicted molar refractivity (Wildman–Crippen MR) is 96.0 cm³/mol. The lowest BCUT2D eigenvalue weighted by molar-refractivity contribution is 0.103. The molecule has 5 heteroatoms. The highest BCUT2D eigenvalue weighted by Gasteiger charge is 2.33. The van der Waals surface area contributed by atoms with Crippen LogP contribution < -0.4 is 9.64 Å². The zero-order valence-corrected chi connectivity index (χ0v) is 14.1. The Hall–Kier alpha value is -2.40. The first kappa shape index (κ1) is 15.1. The molecule has 0 aliphatic carbocycles. The predicted octanol–water partition coefficient (Wildman–Crippen LogP) is 3.60. The van der Waals surface area contributed by atoms with Crippen LogP contribution in [-0.2, 0) is 6.42 Å². The summed E-state index contributed by atoms with van der Waals surface area (Å²) in [6.45, 7) is 1.24. The Bertz CT molecular complexity index is 845. The van der Waals surface area contributed by atoms with Crippen LogP contribution in [0.2, 0.25) is 0 Å². The molecule has 2 aliphatic heterocycles. The summed E-state index contributed by atoms with van der Waals surface area (Å²) in [7, 11) is 0. The Morgan fingerprint density at radius 2 is 2.04 bits per heavy atom. The molecule has 0 aromatic heterocycles. The number of ketones is 1. The van der Waals surface area contributed by atoms with E-state index in [2.05, 4.69) is 4.90 Å². The number of benzene rings is 2. The fourth-order valence-corrected chi connectivity index (χ4v) is 4.18. The van der Waals surface area contributed by atoms with Crippen LogP contribution in [0, 0.1) is 0 Å². The number of aromatic hydroxyl groups is 1. The first-order chi connectivity index (χ1) is 11.7. The topological polar surface area (TPSA) is 49.8 Å². The van der Waals surface area contributed by atoms with Gasteiger partial charge in [0.2, 0.25) is 0 Å². The number of carbonyl (C=O) groups is 1. The van der Waals surface area contributed by atoms with Crippen molar-refractivity contribution in [3.63, 3.8) is 0 Å². The van der Waals surface area contributed by atoms with E-state index in [0.29, 0.717) is 30.9 Å². The molecule has 0 fully saturated rings. The minimum absolute atomic E-state index is 0.0435. The van der Waals surface area contributed by atoms with Gasteiger partial charge in [-0.05, 0) is 17.9 Å². The van der Waals surface area contributed by atoms with Crippen molar-refractivity contribution in [3.05, 3.63) is 64.2 Å². The molecule has 4 nitrogen and oxygen atoms in total. The maximum absolute atomic E-state index is 13.0. The van der Waals surface area contributed by atoms with Crippen LogP contribution in [0.5, 0.6) is 11.5 Å². The van der Waals surface area contributed by atoms with E-state index in [9.17, 15) is 9.90 Å². The van der Waals surface area contributed by atoms with Crippen LogP contribution in [0.15, 0.2) is 53.1 Å². The smallest absolute Gasteiger partial charge is 0.191 e. The van der Waals surface area contributed by atoms with E-state index in [-0.39, 0.29) is 11.5 Å². The summed E-state index contributed by atoms with van der Waals surface area (Å²) in [6, 6.07) is 12.7. The van der Waals surface area contributed by atoms with Gasteiger partial charge in [-0.2, -0.15) is 0 Å². The monoisotopic (exact) mass is 339 g/mol. The highest BCUT2D eigenvalue weighted by molar-refractivity contribution is 8.02. The number of carbonyl (C=O) groups excluding carboxylic acids is 1. The van der Waals surface area contributed by atoms with E-state index in [1.54, 1.807) is 23.9 Å². The summed E-state index contributed by atoms with van der Waals surface area (Å²) in [5.74, 6) is 0.903. The number of ether oxygens (including phenoxy) is 1. The molecule has 2 aromatic rings. The maximum Gasteiger partial charge on any atom is 0.191 e. The van der Waals surface area contributed by atoms with Gasteiger partial charge in [-0.1, -0.05) is 30.3 Å². The van der Waals surface area contributed by atoms with Crippen LogP contribution in [0.25, 0.3) is 0 Å². The second kappa shape index (κ2) is 5.91. The van der Waals surface area contributed by atoms with Crippen LogP contribution in [0.4, 0.5) is 5.69 Å². The normalized spacial score (nSPS) is 15.8. The zero-order chi connectivity index (χ0) is 16.7. The minimum atomic E-state index is 0.0435. The molecule has 0 amide bonds. The van der Waals surface area contributed by atoms with Crippen molar-refractivity contribution in [1.29, 1.82) is 0 Å². The molecule has 0 unspecified atom stereocenters. The van der Waals surface area contributed by atoms with Crippen molar-refractivity contribution in [1.82, 2.24) is 0 Å². The first-order valence-electron chi connectivity index (χ1n) is 7.82. The number of phenols is 1. The van der Waals surface area contributed by atoms with Gasteiger partial charge >= 0.3 is 0 Å². The molecule has 0 saturated heterocycles. The van der Waals surface area contributed by atoms with E-state index in [1.165, 1.54) is 0 Å². The number of allylic oxidation sites excluding steroid dienone is 1. The first-order valence-corrected chi connectivity index (χ1v) is 9.04. The fraction of sp³-hybridized carbons (Fsp3) is 0.211. The van der Waals surface area contributed by atoms with Crippen molar-refractivity contribution >= 4 is 23.2 Å². The second-order valence-corrected chi connectivity index (χ2v) is 6.61. The van der Waals surface area contributed by atoms with Crippen molar-refractivity contribution in [2.75, 3.05) is 24.3 Å². The van der Waals surface area contributed by atoms with Crippen LogP contribution >= 0.6 is 11.8 Å². The Labute approximate surface area is 144 Å². The van der Waals surface area contributed by atoms with Gasteiger partial charge in [0.15, 0.2) is 5.78 Å². The Balaban J connectivity index is 1.85. The van der Waals surface area contributed by atoms with Crippen LogP contribution in [0.3, 0.4) is 0 Å². The van der Waals surface area contributed by atoms with Gasteiger partial charge in [0.25, 0.3) is 0 Å². The lowest BCUT2D eigenvalue weighted by atomic mass is 9.92. The lowest BCUT2D eigenvalue weighted by Crippen LogP contribution is -2.36. The Morgan fingerprint density at radius 3 is 2.79 bits per heavy atom. The lowest BCUT2D eigenvalue weighted by Gasteiger charge is -2.38. The van der Waals surface area contributed by atoms with E-state index in [4.69, 9.17) is 4.74 Å². The van der Waals surface area contributed by atoms with Gasteiger partial charge in [0.1, 0.15) is 18.1 Å². The van der Waals surface area contributed by atoms with Crippen molar-refractivity contribution in [3.8, 4) is 11.5 Å². The number of nitrogens with zero attached hydrogens (tertiary/aromatic N) is 1. The number of Topliss-reactive ketones (excluding diaryl/α,β-unsaturated/α-hetero) is 1. The number of rotatable bonds is 3. The summed E-state index contributed by atoms with van der Waals surface area (Å²) >= 11 is 1.59. The number of thioether (sulfide) groups is 1. The largest absolute Gasteiger partial charge is 0.508 e. The summed E-state index contributed by atoms with van der Waals surface area (Å²) in [4.78, 5) is 15.2. The highest BCUT2D eigenvalue weighted by atomic mass is 32.2. The minimum Gasteiger partial charge on any atom is -0.508 e. The van der Waals surface area contributed by atoms with Gasteiger partial charge in [-0.25, -0.2) is 0 Å². The molecule has 0 spiro atoms. The van der Waals surface area contributed by atoms with E-state index in [1.807, 2.05) is 36.6 Å². The molecular formula is C19H17NO3S. The van der Waals surface area contributed by atoms with E-state index in [0.717, 1.165) is 21.9 Å². The van der Waals surface area contributed by atoms with Gasteiger partial charge in [0, 0.05) is 23.6 Å². The summed E-state index contributed by atoms with van der Waals surface area (Å²) < 4.78 is 5.71. The number of phenolic OH excluding ortho intramolecular Hbond substituents is 1. The average molecular weight is 339 g/mol. The third kappa shape index (κ3) is 2.36. The molecule has 0 radical (unpaired) electrons. The van der Waals surface area contributed by atoms with Gasteiger partial charge in [-0.3, -0.25) is 4.79 Å². The Morgan fingerprint density at radius 1 is 1.25 bits per heavy atom. The van der Waals surface area contributed by atoms with Gasteiger partial charge < -0.3 is 14.7 Å². The van der Waals surface area contributed by atoms with E-state index >= 15 is 0 Å².